The van der Waals surface area contributed by atoms with Crippen molar-refractivity contribution in [1.82, 2.24) is 5.32 Å². The van der Waals surface area contributed by atoms with E-state index in [-0.39, 0.29) is 5.91 Å². The number of halogens is 1. The molecule has 1 N–H and O–H groups in total. The summed E-state index contributed by atoms with van der Waals surface area (Å²) in [4.78, 5) is 21.4. The van der Waals surface area contributed by atoms with Crippen LogP contribution in [0.4, 0.5) is 0 Å². The fourth-order valence-electron chi connectivity index (χ4n) is 1.27. The molecular formula is C11H12ClNO2. The van der Waals surface area contributed by atoms with Gasteiger partial charge < -0.3 is 10.1 Å². The van der Waals surface area contributed by atoms with E-state index in [4.69, 9.17) is 11.6 Å². The van der Waals surface area contributed by atoms with E-state index in [0.29, 0.717) is 11.4 Å². The quantitative estimate of drug-likeness (QED) is 0.791. The first-order valence-electron chi connectivity index (χ1n) is 4.58. The maximum Gasteiger partial charge on any atom is 0.217 e. The summed E-state index contributed by atoms with van der Waals surface area (Å²) in [6.45, 7) is 1.39. The van der Waals surface area contributed by atoms with E-state index in [1.54, 1.807) is 12.1 Å². The number of carbonyl (C=O) groups is 2. The lowest BCUT2D eigenvalue weighted by atomic mass is 10.1. The number of rotatable bonds is 4. The van der Waals surface area contributed by atoms with Crippen molar-refractivity contribution < 1.29 is 9.59 Å². The fourth-order valence-corrected chi connectivity index (χ4v) is 1.39. The number of amides is 1. The van der Waals surface area contributed by atoms with Crippen LogP contribution in [0.15, 0.2) is 24.3 Å². The Bertz CT molecular complexity index is 348. The van der Waals surface area contributed by atoms with Gasteiger partial charge in [-0.25, -0.2) is 0 Å². The topological polar surface area (TPSA) is 46.2 Å². The van der Waals surface area contributed by atoms with E-state index in [0.717, 1.165) is 11.8 Å². The molecule has 1 amide bonds. The third-order valence-corrected chi connectivity index (χ3v) is 2.17. The van der Waals surface area contributed by atoms with Crippen LogP contribution in [0.5, 0.6) is 0 Å². The minimum Gasteiger partial charge on any atom is -0.346 e. The zero-order valence-corrected chi connectivity index (χ0v) is 9.12. The van der Waals surface area contributed by atoms with E-state index in [9.17, 15) is 9.59 Å². The molecule has 0 radical (unpaired) electrons. The molecule has 0 aliphatic rings. The number of nitrogens with one attached hydrogen (secondary N) is 1. The van der Waals surface area contributed by atoms with Crippen molar-refractivity contribution in [1.29, 1.82) is 0 Å². The summed E-state index contributed by atoms with van der Waals surface area (Å²) >= 11 is 5.73. The second-order valence-electron chi connectivity index (χ2n) is 3.27. The Kier molecular flexibility index (Phi) is 4.31. The molecule has 0 bridgehead atoms. The molecule has 15 heavy (non-hydrogen) atoms. The number of carbonyl (C=O) groups excluding carboxylic acids is 2. The van der Waals surface area contributed by atoms with Crippen LogP contribution in [0.1, 0.15) is 12.5 Å². The maximum atomic E-state index is 10.8. The average Bonchev–Trinajstić information content (AvgIpc) is 2.19. The lowest BCUT2D eigenvalue weighted by Gasteiger charge is -2.10. The molecular weight excluding hydrogens is 214 g/mol. The smallest absolute Gasteiger partial charge is 0.217 e. The first kappa shape index (κ1) is 11.7. The first-order chi connectivity index (χ1) is 7.11. The number of benzene rings is 1. The Labute approximate surface area is 93.4 Å². The van der Waals surface area contributed by atoms with Crippen molar-refractivity contribution in [2.75, 3.05) is 0 Å². The summed E-state index contributed by atoms with van der Waals surface area (Å²) in [5.41, 5.74) is 0.963. The third kappa shape index (κ3) is 4.13. The van der Waals surface area contributed by atoms with Gasteiger partial charge in [-0.15, -0.1) is 0 Å². The Morgan fingerprint density at radius 1 is 1.47 bits per heavy atom. The van der Waals surface area contributed by atoms with Gasteiger partial charge in [0.1, 0.15) is 6.29 Å². The molecule has 1 aromatic rings. The maximum absolute atomic E-state index is 10.8. The zero-order valence-electron chi connectivity index (χ0n) is 8.37. The Morgan fingerprint density at radius 2 is 2.07 bits per heavy atom. The van der Waals surface area contributed by atoms with Gasteiger partial charge in [0.15, 0.2) is 0 Å². The Morgan fingerprint density at radius 3 is 2.53 bits per heavy atom. The predicted molar refractivity (Wildman–Crippen MR) is 58.8 cm³/mol. The summed E-state index contributed by atoms with van der Waals surface area (Å²) in [5.74, 6) is -0.207. The van der Waals surface area contributed by atoms with Crippen molar-refractivity contribution in [3.8, 4) is 0 Å². The van der Waals surface area contributed by atoms with Crippen molar-refractivity contribution in [3.05, 3.63) is 34.9 Å². The third-order valence-electron chi connectivity index (χ3n) is 1.92. The molecule has 0 aliphatic carbocycles. The van der Waals surface area contributed by atoms with Crippen molar-refractivity contribution >= 4 is 23.8 Å². The highest BCUT2D eigenvalue weighted by molar-refractivity contribution is 6.30. The van der Waals surface area contributed by atoms with E-state index in [1.165, 1.54) is 6.92 Å². The van der Waals surface area contributed by atoms with Gasteiger partial charge >= 0.3 is 0 Å². The van der Waals surface area contributed by atoms with Gasteiger partial charge in [0.05, 0.1) is 6.04 Å². The molecule has 0 spiro atoms. The van der Waals surface area contributed by atoms with Crippen LogP contribution in [0, 0.1) is 0 Å². The van der Waals surface area contributed by atoms with Gasteiger partial charge in [0.25, 0.3) is 0 Å². The minimum atomic E-state index is -0.469. The number of aldehydes is 1. The molecule has 0 fully saturated rings. The van der Waals surface area contributed by atoms with Crippen molar-refractivity contribution in [2.45, 2.75) is 19.4 Å². The molecule has 0 heterocycles. The van der Waals surface area contributed by atoms with Gasteiger partial charge in [0.2, 0.25) is 5.91 Å². The van der Waals surface area contributed by atoms with Gasteiger partial charge in [-0.1, -0.05) is 23.7 Å². The van der Waals surface area contributed by atoms with Crippen LogP contribution in [-0.2, 0) is 16.0 Å². The minimum absolute atomic E-state index is 0.207. The molecule has 1 unspecified atom stereocenters. The van der Waals surface area contributed by atoms with Gasteiger partial charge in [-0.3, -0.25) is 4.79 Å². The molecule has 80 valence electrons. The average molecular weight is 226 g/mol. The molecule has 1 aromatic carbocycles. The molecule has 3 nitrogen and oxygen atoms in total. The lowest BCUT2D eigenvalue weighted by molar-refractivity contribution is -0.122. The summed E-state index contributed by atoms with van der Waals surface area (Å²) < 4.78 is 0. The van der Waals surface area contributed by atoms with Gasteiger partial charge in [-0.05, 0) is 24.1 Å². The standard InChI is InChI=1S/C11H12ClNO2/c1-8(15)13-11(7-14)6-9-2-4-10(12)5-3-9/h2-5,7,11H,6H2,1H3,(H,13,15). The molecule has 0 saturated heterocycles. The summed E-state index contributed by atoms with van der Waals surface area (Å²) in [6.07, 6.45) is 1.22. The molecule has 0 saturated carbocycles. The van der Waals surface area contributed by atoms with Crippen molar-refractivity contribution in [3.63, 3.8) is 0 Å². The Balaban J connectivity index is 2.62. The van der Waals surface area contributed by atoms with Crippen LogP contribution < -0.4 is 5.32 Å². The second-order valence-corrected chi connectivity index (χ2v) is 3.71. The molecule has 4 heteroatoms. The Hall–Kier alpha value is -1.35. The second kappa shape index (κ2) is 5.51. The molecule has 0 aliphatic heterocycles. The SMILES string of the molecule is CC(=O)NC(C=O)Cc1ccc(Cl)cc1. The number of hydrogen-bond acceptors (Lipinski definition) is 2. The van der Waals surface area contributed by atoms with Crippen LogP contribution in [0.3, 0.4) is 0 Å². The van der Waals surface area contributed by atoms with Gasteiger partial charge in [-0.2, -0.15) is 0 Å². The van der Waals surface area contributed by atoms with Crippen molar-refractivity contribution in [2.24, 2.45) is 0 Å². The molecule has 1 rings (SSSR count). The monoisotopic (exact) mass is 225 g/mol. The van der Waals surface area contributed by atoms with Crippen LogP contribution in [0.2, 0.25) is 5.02 Å². The van der Waals surface area contributed by atoms with Gasteiger partial charge in [0, 0.05) is 11.9 Å². The fraction of sp³-hybridized carbons (Fsp3) is 0.273. The summed E-state index contributed by atoms with van der Waals surface area (Å²) in [5, 5.41) is 3.21. The number of hydrogen-bond donors (Lipinski definition) is 1. The van der Waals surface area contributed by atoms with Crippen LogP contribution in [0.25, 0.3) is 0 Å². The molecule has 1 atom stereocenters. The lowest BCUT2D eigenvalue weighted by Crippen LogP contribution is -2.35. The zero-order chi connectivity index (χ0) is 11.3. The van der Waals surface area contributed by atoms with Crippen LogP contribution >= 0.6 is 11.6 Å². The van der Waals surface area contributed by atoms with E-state index >= 15 is 0 Å². The van der Waals surface area contributed by atoms with E-state index in [1.807, 2.05) is 12.1 Å². The molecule has 0 aromatic heterocycles. The highest BCUT2D eigenvalue weighted by Crippen LogP contribution is 2.10. The highest BCUT2D eigenvalue weighted by Gasteiger charge is 2.08. The van der Waals surface area contributed by atoms with E-state index < -0.39 is 6.04 Å². The van der Waals surface area contributed by atoms with Crippen LogP contribution in [-0.4, -0.2) is 18.2 Å². The first-order valence-corrected chi connectivity index (χ1v) is 4.96. The predicted octanol–water partition coefficient (Wildman–Crippen LogP) is 1.59. The normalized spacial score (nSPS) is 11.9. The van der Waals surface area contributed by atoms with E-state index in [2.05, 4.69) is 5.32 Å². The largest absolute Gasteiger partial charge is 0.346 e. The summed E-state index contributed by atoms with van der Waals surface area (Å²) in [7, 11) is 0. The summed E-state index contributed by atoms with van der Waals surface area (Å²) in [6, 6.07) is 6.71. The highest BCUT2D eigenvalue weighted by atomic mass is 35.5.